The maximum Gasteiger partial charge on any atom is 0.188 e. The van der Waals surface area contributed by atoms with Crippen molar-refractivity contribution < 1.29 is 8.42 Å². The van der Waals surface area contributed by atoms with Crippen molar-refractivity contribution in [2.75, 3.05) is 19.3 Å². The lowest BCUT2D eigenvalue weighted by molar-refractivity contribution is 0.197. The summed E-state index contributed by atoms with van der Waals surface area (Å²) in [4.78, 5) is 2.35. The van der Waals surface area contributed by atoms with Gasteiger partial charge in [-0.05, 0) is 26.3 Å². The Morgan fingerprint density at radius 2 is 2.28 bits per heavy atom. The van der Waals surface area contributed by atoms with Gasteiger partial charge in [0.1, 0.15) is 0 Å². The summed E-state index contributed by atoms with van der Waals surface area (Å²) in [5.74, 6) is 0.112. The second-order valence-electron chi connectivity index (χ2n) is 6.54. The molecule has 1 unspecified atom stereocenters. The number of rotatable bonds is 6. The van der Waals surface area contributed by atoms with Crippen LogP contribution in [0.25, 0.3) is 0 Å². The van der Waals surface area contributed by atoms with E-state index in [2.05, 4.69) is 32.4 Å². The van der Waals surface area contributed by atoms with Gasteiger partial charge < -0.3 is 0 Å². The van der Waals surface area contributed by atoms with Gasteiger partial charge in [-0.1, -0.05) is 10.6 Å². The predicted octanol–water partition coefficient (Wildman–Crippen LogP) is 2.01. The Hall–Kier alpha value is -1.58. The minimum atomic E-state index is -3.27. The van der Waals surface area contributed by atoms with E-state index in [-0.39, 0.29) is 5.92 Å². The van der Waals surface area contributed by atoms with Crippen LogP contribution in [-0.4, -0.2) is 52.0 Å². The van der Waals surface area contributed by atoms with Crippen LogP contribution in [0.4, 0.5) is 0 Å². The first-order valence-corrected chi connectivity index (χ1v) is 10.9. The summed E-state index contributed by atoms with van der Waals surface area (Å²) in [5.41, 5.74) is 2.86. The highest BCUT2D eigenvalue weighted by Gasteiger charge is 2.29. The number of piperidine rings is 1. The fourth-order valence-electron chi connectivity index (χ4n) is 3.30. The third kappa shape index (κ3) is 4.16. The van der Waals surface area contributed by atoms with E-state index >= 15 is 0 Å². The molecule has 2 aromatic heterocycles. The number of allylic oxidation sites excluding steroid dienone is 1. The maximum atomic E-state index is 11.9. The van der Waals surface area contributed by atoms with Gasteiger partial charge in [-0.3, -0.25) is 9.58 Å². The quantitative estimate of drug-likeness (QED) is 0.712. The van der Waals surface area contributed by atoms with Crippen LogP contribution in [0.15, 0.2) is 23.1 Å². The van der Waals surface area contributed by atoms with E-state index < -0.39 is 9.84 Å². The van der Waals surface area contributed by atoms with Crippen LogP contribution >= 0.6 is 11.5 Å². The van der Waals surface area contributed by atoms with Crippen molar-refractivity contribution >= 4 is 21.4 Å². The molecule has 0 amide bonds. The molecule has 0 saturated carbocycles. The van der Waals surface area contributed by atoms with Crippen molar-refractivity contribution in [3.8, 4) is 0 Å². The number of aryl methyl sites for hydroxylation is 1. The smallest absolute Gasteiger partial charge is 0.188 e. The summed E-state index contributed by atoms with van der Waals surface area (Å²) < 4.78 is 30.0. The molecular weight excluding hydrogens is 358 g/mol. The average molecular weight is 382 g/mol. The lowest BCUT2D eigenvalue weighted by atomic mass is 9.95. The Morgan fingerprint density at radius 1 is 1.48 bits per heavy atom. The normalized spacial score (nSPS) is 19.2. The summed E-state index contributed by atoms with van der Waals surface area (Å²) in [6.45, 7) is 9.06. The highest BCUT2D eigenvalue weighted by Crippen LogP contribution is 2.32. The summed E-state index contributed by atoms with van der Waals surface area (Å²) in [5, 5.41) is 8.63. The van der Waals surface area contributed by atoms with Crippen LogP contribution in [-0.2, 0) is 22.9 Å². The van der Waals surface area contributed by atoms with Crippen LogP contribution in [0, 0.1) is 6.92 Å². The molecule has 136 valence electrons. The van der Waals surface area contributed by atoms with Crippen molar-refractivity contribution in [2.24, 2.45) is 0 Å². The van der Waals surface area contributed by atoms with E-state index in [1.54, 1.807) is 0 Å². The van der Waals surface area contributed by atoms with E-state index in [1.165, 1.54) is 11.8 Å². The minimum Gasteiger partial charge on any atom is -0.298 e. The zero-order valence-corrected chi connectivity index (χ0v) is 16.2. The first-order chi connectivity index (χ1) is 11.9. The zero-order chi connectivity index (χ0) is 18.0. The Bertz CT molecular complexity index is 856. The number of hydrogen-bond acceptors (Lipinski definition) is 7. The summed E-state index contributed by atoms with van der Waals surface area (Å²) >= 11 is 0.976. The van der Waals surface area contributed by atoms with E-state index in [1.807, 2.05) is 17.7 Å². The molecule has 1 aliphatic rings. The van der Waals surface area contributed by atoms with Crippen molar-refractivity contribution in [3.05, 3.63) is 35.8 Å². The third-order valence-electron chi connectivity index (χ3n) is 4.47. The molecular formula is C16H23N5O2S2. The molecule has 25 heavy (non-hydrogen) atoms. The van der Waals surface area contributed by atoms with Crippen molar-refractivity contribution in [2.45, 2.75) is 43.0 Å². The molecule has 3 rings (SSSR count). The monoisotopic (exact) mass is 381 g/mol. The van der Waals surface area contributed by atoms with Gasteiger partial charge in [0.15, 0.2) is 14.0 Å². The molecule has 1 fully saturated rings. The van der Waals surface area contributed by atoms with E-state index in [0.717, 1.165) is 49.7 Å². The van der Waals surface area contributed by atoms with Crippen LogP contribution in [0.1, 0.15) is 35.7 Å². The van der Waals surface area contributed by atoms with Crippen LogP contribution in [0.5, 0.6) is 0 Å². The molecule has 0 spiro atoms. The lowest BCUT2D eigenvalue weighted by Gasteiger charge is -2.31. The molecule has 0 bridgehead atoms. The number of hydrogen-bond donors (Lipinski definition) is 0. The van der Waals surface area contributed by atoms with E-state index in [4.69, 9.17) is 0 Å². The molecule has 1 saturated heterocycles. The predicted molar refractivity (Wildman–Crippen MR) is 97.4 cm³/mol. The third-order valence-corrected chi connectivity index (χ3v) is 7.02. The second kappa shape index (κ2) is 7.35. The molecule has 0 aromatic carbocycles. The Kier molecular flexibility index (Phi) is 5.35. The van der Waals surface area contributed by atoms with E-state index in [0.29, 0.717) is 16.4 Å². The summed E-state index contributed by atoms with van der Waals surface area (Å²) in [6.07, 6.45) is 7.08. The number of nitrogens with zero attached hydrogens (tertiary/aromatic N) is 5. The minimum absolute atomic E-state index is 0.112. The first kappa shape index (κ1) is 18.2. The summed E-state index contributed by atoms with van der Waals surface area (Å²) in [6, 6.07) is 0. The topological polar surface area (TPSA) is 81.0 Å². The maximum absolute atomic E-state index is 11.9. The average Bonchev–Trinajstić information content (AvgIpc) is 3.15. The van der Waals surface area contributed by atoms with Gasteiger partial charge in [0.05, 0.1) is 17.9 Å². The standard InChI is InChI=1S/C16H23N5O2S2/c1-4-7-21-11-14(12(2)18-21)10-20-8-5-6-13(9-20)15-16(24-19-17-15)25(3,22)23/h4,11,13H,1,5-10H2,2-3H3. The van der Waals surface area contributed by atoms with Gasteiger partial charge in [-0.15, -0.1) is 11.7 Å². The Balaban J connectivity index is 1.74. The first-order valence-electron chi connectivity index (χ1n) is 8.27. The Morgan fingerprint density at radius 3 is 3.00 bits per heavy atom. The number of aromatic nitrogens is 4. The molecule has 7 nitrogen and oxygen atoms in total. The SMILES string of the molecule is C=CCn1cc(CN2CCCC(c3nnsc3S(C)(=O)=O)C2)c(C)n1. The van der Waals surface area contributed by atoms with Gasteiger partial charge in [0.2, 0.25) is 0 Å². The lowest BCUT2D eigenvalue weighted by Crippen LogP contribution is -2.34. The van der Waals surface area contributed by atoms with E-state index in [9.17, 15) is 8.42 Å². The van der Waals surface area contributed by atoms with Crippen molar-refractivity contribution in [1.29, 1.82) is 0 Å². The molecule has 0 radical (unpaired) electrons. The van der Waals surface area contributed by atoms with Crippen molar-refractivity contribution in [3.63, 3.8) is 0 Å². The zero-order valence-electron chi connectivity index (χ0n) is 14.6. The van der Waals surface area contributed by atoms with Gasteiger partial charge in [0.25, 0.3) is 0 Å². The van der Waals surface area contributed by atoms with Crippen LogP contribution in [0.2, 0.25) is 0 Å². The van der Waals surface area contributed by atoms with Crippen LogP contribution in [0.3, 0.4) is 0 Å². The summed E-state index contributed by atoms with van der Waals surface area (Å²) in [7, 11) is -3.27. The largest absolute Gasteiger partial charge is 0.298 e. The molecule has 0 aliphatic carbocycles. The van der Waals surface area contributed by atoms with Gasteiger partial charge in [-0.25, -0.2) is 8.42 Å². The van der Waals surface area contributed by atoms with Crippen LogP contribution < -0.4 is 0 Å². The molecule has 1 aliphatic heterocycles. The molecule has 3 heterocycles. The fourth-order valence-corrected chi connectivity index (χ4v) is 5.03. The molecule has 2 aromatic rings. The molecule has 1 atom stereocenters. The highest BCUT2D eigenvalue weighted by atomic mass is 32.2. The molecule has 9 heteroatoms. The van der Waals surface area contributed by atoms with Gasteiger partial charge in [0, 0.05) is 48.6 Å². The van der Waals surface area contributed by atoms with Gasteiger partial charge >= 0.3 is 0 Å². The Labute approximate surface area is 152 Å². The van der Waals surface area contributed by atoms with Gasteiger partial charge in [-0.2, -0.15) is 5.10 Å². The number of likely N-dealkylation sites (tertiary alicyclic amines) is 1. The second-order valence-corrected chi connectivity index (χ2v) is 9.51. The number of sulfone groups is 1. The molecule has 0 N–H and O–H groups in total. The highest BCUT2D eigenvalue weighted by molar-refractivity contribution is 7.92. The fraction of sp³-hybridized carbons (Fsp3) is 0.562. The van der Waals surface area contributed by atoms with Crippen molar-refractivity contribution in [1.82, 2.24) is 24.3 Å².